The van der Waals surface area contributed by atoms with Crippen LogP contribution in [0.2, 0.25) is 0 Å². The maximum absolute atomic E-state index is 9.78. The Kier molecular flexibility index (Phi) is 6.56. The third kappa shape index (κ3) is 7.67. The molecular formula is C9H17O. The molecule has 0 rings (SSSR count). The summed E-state index contributed by atoms with van der Waals surface area (Å²) in [4.78, 5) is 9.78. The molecule has 0 heterocycles. The molecule has 10 heavy (non-hydrogen) atoms. The van der Waals surface area contributed by atoms with Crippen molar-refractivity contribution in [3.63, 3.8) is 0 Å². The molecule has 0 N–H and O–H groups in total. The van der Waals surface area contributed by atoms with Gasteiger partial charge in [-0.2, -0.15) is 0 Å². The monoisotopic (exact) mass is 141 g/mol. The second-order valence-electron chi connectivity index (χ2n) is 3.14. The number of hydrogen-bond donors (Lipinski definition) is 0. The number of rotatable bonds is 6. The zero-order valence-corrected chi connectivity index (χ0v) is 7.02. The average Bonchev–Trinajstić information content (AvgIpc) is 1.87. The Morgan fingerprint density at radius 3 is 2.40 bits per heavy atom. The molecule has 1 heteroatoms. The minimum absolute atomic E-state index is 0.623. The Morgan fingerprint density at radius 1 is 1.20 bits per heavy atom. The Bertz CT molecular complexity index is 76.8. The fraction of sp³-hybridized carbons (Fsp3) is 0.889. The third-order valence-electron chi connectivity index (χ3n) is 1.56. The molecule has 0 amide bonds. The zero-order valence-electron chi connectivity index (χ0n) is 7.02. The molecule has 0 fully saturated rings. The van der Waals surface area contributed by atoms with Crippen LogP contribution in [0.5, 0.6) is 0 Å². The normalized spacial score (nSPS) is 10.3. The number of unbranched alkanes of at least 4 members (excludes halogenated alkanes) is 3. The topological polar surface area (TPSA) is 17.1 Å². The molecule has 0 saturated carbocycles. The summed E-state index contributed by atoms with van der Waals surface area (Å²) in [7, 11) is 0. The minimum Gasteiger partial charge on any atom is -0.291 e. The quantitative estimate of drug-likeness (QED) is 0.520. The van der Waals surface area contributed by atoms with Gasteiger partial charge in [-0.15, -0.1) is 0 Å². The first-order chi connectivity index (χ1) is 4.77. The molecule has 0 aromatic rings. The van der Waals surface area contributed by atoms with Crippen molar-refractivity contribution in [1.29, 1.82) is 0 Å². The van der Waals surface area contributed by atoms with E-state index in [2.05, 4.69) is 13.8 Å². The standard InChI is InChI=1S/C9H17O/c1-9(2)7-5-3-4-6-8-10/h9H,3-7H2,1-2H3. The molecule has 0 aliphatic heterocycles. The molecular weight excluding hydrogens is 124 g/mol. The lowest BCUT2D eigenvalue weighted by molar-refractivity contribution is 0.519. The van der Waals surface area contributed by atoms with Gasteiger partial charge in [0.25, 0.3) is 0 Å². The van der Waals surface area contributed by atoms with Crippen LogP contribution in [0.15, 0.2) is 0 Å². The van der Waals surface area contributed by atoms with Crippen LogP contribution in [0.4, 0.5) is 0 Å². The molecule has 1 radical (unpaired) electrons. The summed E-state index contributed by atoms with van der Waals surface area (Å²) in [5.74, 6) is 0.806. The van der Waals surface area contributed by atoms with E-state index in [9.17, 15) is 4.79 Å². The summed E-state index contributed by atoms with van der Waals surface area (Å²) in [6, 6.07) is 0. The Morgan fingerprint density at radius 2 is 1.90 bits per heavy atom. The van der Waals surface area contributed by atoms with E-state index in [4.69, 9.17) is 0 Å². The first-order valence-electron chi connectivity index (χ1n) is 4.12. The first kappa shape index (κ1) is 9.67. The van der Waals surface area contributed by atoms with Crippen molar-refractivity contribution >= 4 is 6.29 Å². The highest BCUT2D eigenvalue weighted by molar-refractivity contribution is 5.50. The number of carbonyl (C=O) groups excluding carboxylic acids is 1. The van der Waals surface area contributed by atoms with Crippen molar-refractivity contribution in [1.82, 2.24) is 0 Å². The maximum Gasteiger partial charge on any atom is 0.198 e. The number of hydrogen-bond acceptors (Lipinski definition) is 1. The molecule has 59 valence electrons. The smallest absolute Gasteiger partial charge is 0.198 e. The molecule has 0 aliphatic carbocycles. The highest BCUT2D eigenvalue weighted by atomic mass is 16.1. The lowest BCUT2D eigenvalue weighted by Gasteiger charge is -2.01. The van der Waals surface area contributed by atoms with Gasteiger partial charge in [0.15, 0.2) is 6.29 Å². The van der Waals surface area contributed by atoms with Gasteiger partial charge in [0.2, 0.25) is 0 Å². The van der Waals surface area contributed by atoms with E-state index in [1.54, 1.807) is 0 Å². The van der Waals surface area contributed by atoms with Crippen molar-refractivity contribution < 1.29 is 4.79 Å². The molecule has 1 nitrogen and oxygen atoms in total. The van der Waals surface area contributed by atoms with Crippen molar-refractivity contribution in [3.8, 4) is 0 Å². The summed E-state index contributed by atoms with van der Waals surface area (Å²) in [6.07, 6.45) is 7.29. The minimum atomic E-state index is 0.623. The predicted molar refractivity (Wildman–Crippen MR) is 43.6 cm³/mol. The Labute approximate surface area is 63.8 Å². The van der Waals surface area contributed by atoms with Crippen LogP contribution in [0.3, 0.4) is 0 Å². The van der Waals surface area contributed by atoms with Gasteiger partial charge < -0.3 is 0 Å². The van der Waals surface area contributed by atoms with Crippen molar-refractivity contribution in [2.24, 2.45) is 5.92 Å². The highest BCUT2D eigenvalue weighted by Crippen LogP contribution is 2.08. The maximum atomic E-state index is 9.78. The average molecular weight is 141 g/mol. The van der Waals surface area contributed by atoms with Gasteiger partial charge >= 0.3 is 0 Å². The first-order valence-corrected chi connectivity index (χ1v) is 4.12. The second-order valence-corrected chi connectivity index (χ2v) is 3.14. The van der Waals surface area contributed by atoms with Crippen molar-refractivity contribution in [2.75, 3.05) is 0 Å². The molecule has 0 aromatic carbocycles. The molecule has 0 bridgehead atoms. The van der Waals surface area contributed by atoms with Crippen LogP contribution in [0, 0.1) is 5.92 Å². The van der Waals surface area contributed by atoms with Crippen LogP contribution < -0.4 is 0 Å². The van der Waals surface area contributed by atoms with Gasteiger partial charge in [-0.1, -0.05) is 33.1 Å². The predicted octanol–water partition coefficient (Wildman–Crippen LogP) is 2.70. The van der Waals surface area contributed by atoms with E-state index in [1.807, 2.05) is 6.29 Å². The lowest BCUT2D eigenvalue weighted by atomic mass is 10.0. The van der Waals surface area contributed by atoms with E-state index in [0.29, 0.717) is 6.42 Å². The Balaban J connectivity index is 2.83. The van der Waals surface area contributed by atoms with Gasteiger partial charge in [0.05, 0.1) is 0 Å². The van der Waals surface area contributed by atoms with Crippen LogP contribution in [-0.4, -0.2) is 6.29 Å². The van der Waals surface area contributed by atoms with Gasteiger partial charge in [0, 0.05) is 6.42 Å². The molecule has 0 atom stereocenters. The fourth-order valence-electron chi connectivity index (χ4n) is 0.927. The van der Waals surface area contributed by atoms with Crippen LogP contribution >= 0.6 is 0 Å². The van der Waals surface area contributed by atoms with Gasteiger partial charge in [-0.25, -0.2) is 0 Å². The van der Waals surface area contributed by atoms with Gasteiger partial charge in [-0.3, -0.25) is 4.79 Å². The SMILES string of the molecule is CC(C)CCCCC[C]=O. The van der Waals surface area contributed by atoms with Crippen LogP contribution in [0.25, 0.3) is 0 Å². The zero-order chi connectivity index (χ0) is 7.82. The highest BCUT2D eigenvalue weighted by Gasteiger charge is 1.93. The molecule has 0 spiro atoms. The van der Waals surface area contributed by atoms with Crippen LogP contribution in [0.1, 0.15) is 46.0 Å². The summed E-state index contributed by atoms with van der Waals surface area (Å²) in [6.45, 7) is 4.46. The molecule has 0 saturated heterocycles. The fourth-order valence-corrected chi connectivity index (χ4v) is 0.927. The lowest BCUT2D eigenvalue weighted by Crippen LogP contribution is -1.86. The summed E-state index contributed by atoms with van der Waals surface area (Å²) in [5.41, 5.74) is 0. The van der Waals surface area contributed by atoms with Crippen molar-refractivity contribution in [3.05, 3.63) is 0 Å². The van der Waals surface area contributed by atoms with E-state index in [0.717, 1.165) is 12.3 Å². The van der Waals surface area contributed by atoms with E-state index >= 15 is 0 Å². The van der Waals surface area contributed by atoms with Gasteiger partial charge in [0.1, 0.15) is 0 Å². The van der Waals surface area contributed by atoms with E-state index < -0.39 is 0 Å². The summed E-state index contributed by atoms with van der Waals surface area (Å²) in [5, 5.41) is 0. The summed E-state index contributed by atoms with van der Waals surface area (Å²) >= 11 is 0. The molecule has 0 unspecified atom stereocenters. The van der Waals surface area contributed by atoms with Crippen molar-refractivity contribution in [2.45, 2.75) is 46.0 Å². The summed E-state index contributed by atoms with van der Waals surface area (Å²) < 4.78 is 0. The largest absolute Gasteiger partial charge is 0.291 e. The third-order valence-corrected chi connectivity index (χ3v) is 1.56. The van der Waals surface area contributed by atoms with Crippen LogP contribution in [-0.2, 0) is 4.79 Å². The van der Waals surface area contributed by atoms with E-state index in [1.165, 1.54) is 19.3 Å². The molecule has 0 aromatic heterocycles. The second kappa shape index (κ2) is 6.79. The molecule has 0 aliphatic rings. The Hall–Kier alpha value is -0.330. The van der Waals surface area contributed by atoms with E-state index in [-0.39, 0.29) is 0 Å². The van der Waals surface area contributed by atoms with Gasteiger partial charge in [-0.05, 0) is 12.3 Å².